The summed E-state index contributed by atoms with van der Waals surface area (Å²) in [5, 5.41) is 54.2. The van der Waals surface area contributed by atoms with E-state index in [1.807, 2.05) is 45.0 Å². The number of amides is 8. The summed E-state index contributed by atoms with van der Waals surface area (Å²) in [6.45, 7) is 29.4. The number of rotatable bonds is 48. The molecule has 9 aromatic carbocycles. The van der Waals surface area contributed by atoms with Gasteiger partial charge in [0.05, 0.1) is 82.3 Å². The number of benzene rings is 9. The van der Waals surface area contributed by atoms with E-state index >= 15 is 0 Å². The molecule has 8 amide bonds. The van der Waals surface area contributed by atoms with Gasteiger partial charge in [0.15, 0.2) is 5.78 Å². The SMILES string of the molecule is C=CCO/N=C(\C)c1cc(C(=O)N[C@@H](Cc2cc(F)cc(F)c2)[C@H](O)CN(Cc2cccc(OC)c2)C(=O)OC(C)(C)C)cc(C(=O)N(C)CCC)c1.C=CCO/N=C(\C)c1cc(C(=O)N[C@@H](Cc2cc(F)cc(F)c2)[C@H](O)CNCc2cccc(OC)c2)cc(C(=O)N(C)CCC)c1.CCCN(C)C(=O)c1cc(C(C)=O)cc(C(=O)N[C@@H](Cc2cc(F)cc(F)c2)[C@H](O)CN(Cc2cccc(OC)c2)C(=O)OC(C)(C)C)c1. The van der Waals surface area contributed by atoms with E-state index < -0.39 is 118 Å². The van der Waals surface area contributed by atoms with Crippen molar-refractivity contribution >= 4 is 64.8 Å². The Morgan fingerprint density at radius 2 is 0.669 bits per heavy atom. The van der Waals surface area contributed by atoms with Crippen LogP contribution in [-0.2, 0) is 58.0 Å². The fourth-order valence-corrected chi connectivity index (χ4v) is 15.3. The second kappa shape index (κ2) is 58.6. The average molecular weight is 2060 g/mol. The Bertz CT molecular complexity index is 6050. The van der Waals surface area contributed by atoms with Gasteiger partial charge in [0, 0.05) is 135 Å². The minimum absolute atomic E-state index is 0.00373. The van der Waals surface area contributed by atoms with Crippen LogP contribution in [0.5, 0.6) is 17.2 Å². The number of carbonyl (C=O) groups is 9. The quantitative estimate of drug-likeness (QED) is 0.00465. The highest BCUT2D eigenvalue weighted by Gasteiger charge is 2.35. The monoisotopic (exact) mass is 2050 g/mol. The van der Waals surface area contributed by atoms with Crippen molar-refractivity contribution in [3.05, 3.63) is 326 Å². The summed E-state index contributed by atoms with van der Waals surface area (Å²) in [6, 6.07) is 40.2. The van der Waals surface area contributed by atoms with Gasteiger partial charge in [-0.25, -0.2) is 35.9 Å². The standard InChI is InChI=1S/C40H50F2N4O7.C37H45F2N3O7.C35H42F2N4O5/c1-9-14-45(7)38(49)31-21-29(26(3)44-52-15-10-2)20-30(22-31)37(48)43-35(19-28-16-32(41)23-33(42)17-28)36(47)25-46(39(50)53-40(4,5)6)24-27-12-11-13-34(18-27)51-8;1-8-12-41(6)35(46)28-18-26(23(2)43)17-27(19-28)34(45)40-32(16-25-13-29(38)20-30(39)14-25)33(44)22-42(36(47)49-37(3,4)5)21-24-10-9-11-31(15-24)48-7;1-6-11-41(4)35(44)28-18-26(23(3)40-46-12-7-2)17-27(19-28)34(43)39-32(16-25-13-29(36)20-30(37)14-25)33(42)22-38-21-24-9-8-10-31(15-24)45-5/h10-13,16-18,20-23,35-36,47H,2,9,14-15,19,24-25H2,1,3-8H3,(H,43,48);9-11,13-15,17-20,32-33,44H,8,12,16,21-22H2,1-7H3,(H,40,45);7-10,13-15,17-20,32-33,38,42H,2,6,11-12,16,21-22H2,1,3-5H3,(H,39,43)/b44-26+;;40-23+/t35-,36+;2*32-,33+/m000/s1. The van der Waals surface area contributed by atoms with E-state index in [1.165, 1.54) is 89.3 Å². The van der Waals surface area contributed by atoms with Crippen LogP contribution in [0.4, 0.5) is 35.9 Å². The maximum absolute atomic E-state index is 14.3. The predicted octanol–water partition coefficient (Wildman–Crippen LogP) is 17.2. The molecule has 0 saturated carbocycles. The molecule has 6 atom stereocenters. The second-order valence-electron chi connectivity index (χ2n) is 37.5. The van der Waals surface area contributed by atoms with E-state index in [0.29, 0.717) is 102 Å². The second-order valence-corrected chi connectivity index (χ2v) is 37.5. The van der Waals surface area contributed by atoms with Gasteiger partial charge in [-0.3, -0.25) is 33.6 Å². The highest BCUT2D eigenvalue weighted by atomic mass is 19.2. The van der Waals surface area contributed by atoms with Crippen molar-refractivity contribution in [2.45, 2.75) is 189 Å². The third kappa shape index (κ3) is 39.9. The van der Waals surface area contributed by atoms with E-state index in [9.17, 15) is 84.8 Å². The Balaban J connectivity index is 0.000000301. The van der Waals surface area contributed by atoms with Crippen LogP contribution in [0.15, 0.2) is 218 Å². The molecule has 0 aliphatic carbocycles. The Labute approximate surface area is 861 Å². The molecule has 0 aromatic heterocycles. The molecule has 9 rings (SSSR count). The van der Waals surface area contributed by atoms with E-state index in [4.69, 9.17) is 33.4 Å². The fraction of sp³-hybridized carbons (Fsp3) is 0.384. The molecule has 0 unspecified atom stereocenters. The Kier molecular flexibility index (Phi) is 47.6. The lowest BCUT2D eigenvalue weighted by Gasteiger charge is -2.32. The van der Waals surface area contributed by atoms with E-state index in [-0.39, 0.29) is 138 Å². The van der Waals surface area contributed by atoms with Crippen molar-refractivity contribution in [2.75, 3.05) is 95.0 Å². The summed E-state index contributed by atoms with van der Waals surface area (Å²) in [5.41, 5.74) is 3.62. The van der Waals surface area contributed by atoms with Crippen molar-refractivity contribution in [1.82, 2.24) is 45.8 Å². The first-order valence-corrected chi connectivity index (χ1v) is 48.2. The number of ether oxygens (including phenoxy) is 5. The molecule has 36 heteroatoms. The molecule has 0 heterocycles. The number of hydrogen-bond acceptors (Lipinski definition) is 22. The molecule has 0 aliphatic heterocycles. The minimum Gasteiger partial charge on any atom is -0.497 e. The summed E-state index contributed by atoms with van der Waals surface area (Å²) < 4.78 is 112. The third-order valence-corrected chi connectivity index (χ3v) is 22.5. The molecule has 30 nitrogen and oxygen atoms in total. The number of nitrogens with zero attached hydrogens (tertiary/aromatic N) is 7. The topological polar surface area (TPSA) is 368 Å². The summed E-state index contributed by atoms with van der Waals surface area (Å²) >= 11 is 0. The molecule has 0 aliphatic rings. The Morgan fingerprint density at radius 1 is 0.385 bits per heavy atom. The zero-order chi connectivity index (χ0) is 109. The van der Waals surface area contributed by atoms with Crippen LogP contribution in [0, 0.1) is 34.9 Å². The first kappa shape index (κ1) is 120. The van der Waals surface area contributed by atoms with Gasteiger partial charge >= 0.3 is 12.2 Å². The lowest BCUT2D eigenvalue weighted by atomic mass is 9.98. The molecule has 0 radical (unpaired) electrons. The van der Waals surface area contributed by atoms with Gasteiger partial charge in [0.2, 0.25) is 0 Å². The van der Waals surface area contributed by atoms with Gasteiger partial charge in [0.1, 0.15) is 76.6 Å². The number of ketones is 1. The first-order valence-electron chi connectivity index (χ1n) is 48.2. The Morgan fingerprint density at radius 3 is 0.966 bits per heavy atom. The van der Waals surface area contributed by atoms with Gasteiger partial charge < -0.3 is 94.4 Å². The van der Waals surface area contributed by atoms with Crippen molar-refractivity contribution in [2.24, 2.45) is 10.3 Å². The Hall–Kier alpha value is -14.8. The summed E-state index contributed by atoms with van der Waals surface area (Å²) in [5.74, 6) is -6.57. The van der Waals surface area contributed by atoms with Crippen LogP contribution in [-0.4, -0.2) is 247 Å². The number of nitrogens with one attached hydrogen (secondary N) is 4. The number of Topliss-reactive ketones (excluding diaryl/α,β-unsaturated/α-hetero) is 1. The third-order valence-electron chi connectivity index (χ3n) is 22.5. The maximum Gasteiger partial charge on any atom is 0.410 e. The van der Waals surface area contributed by atoms with E-state index in [1.54, 1.807) is 155 Å². The van der Waals surface area contributed by atoms with Gasteiger partial charge in [0.25, 0.3) is 35.4 Å². The molecule has 9 aromatic rings. The highest BCUT2D eigenvalue weighted by Crippen LogP contribution is 2.28. The number of hydrogen-bond donors (Lipinski definition) is 7. The molecule has 0 saturated heterocycles. The molecule has 148 heavy (non-hydrogen) atoms. The van der Waals surface area contributed by atoms with Crippen LogP contribution in [0.25, 0.3) is 0 Å². The number of aliphatic hydroxyl groups is 3. The zero-order valence-electron chi connectivity index (χ0n) is 87.1. The highest BCUT2D eigenvalue weighted by molar-refractivity contribution is 6.08. The summed E-state index contributed by atoms with van der Waals surface area (Å²) in [6.07, 6.45) is -0.903. The predicted molar refractivity (Wildman–Crippen MR) is 554 cm³/mol. The van der Waals surface area contributed by atoms with Gasteiger partial charge in [-0.1, -0.05) is 92.8 Å². The number of aliphatic hydroxyl groups excluding tert-OH is 3. The molecule has 0 bridgehead atoms. The van der Waals surface area contributed by atoms with Crippen LogP contribution in [0.1, 0.15) is 219 Å². The largest absolute Gasteiger partial charge is 0.497 e. The zero-order valence-corrected chi connectivity index (χ0v) is 87.1. The minimum atomic E-state index is -1.49. The van der Waals surface area contributed by atoms with Crippen molar-refractivity contribution in [1.29, 1.82) is 0 Å². The van der Waals surface area contributed by atoms with Crippen LogP contribution >= 0.6 is 0 Å². The van der Waals surface area contributed by atoms with E-state index in [0.717, 1.165) is 54.4 Å². The van der Waals surface area contributed by atoms with Crippen LogP contribution in [0.2, 0.25) is 0 Å². The van der Waals surface area contributed by atoms with Gasteiger partial charge in [-0.15, -0.1) is 0 Å². The number of methoxy groups -OCH3 is 3. The molecule has 0 spiro atoms. The maximum atomic E-state index is 14.3. The molecule has 7 N–H and O–H groups in total. The molecule has 0 fully saturated rings. The lowest BCUT2D eigenvalue weighted by Crippen LogP contribution is -2.51. The van der Waals surface area contributed by atoms with Crippen LogP contribution < -0.4 is 35.5 Å². The van der Waals surface area contributed by atoms with Gasteiger partial charge in [-0.05, 0) is 262 Å². The summed E-state index contributed by atoms with van der Waals surface area (Å²) in [7, 11) is 9.53. The first-order chi connectivity index (χ1) is 70.0. The molecule has 796 valence electrons. The number of carbonyl (C=O) groups excluding carboxylic acids is 9. The number of halogens is 6. The smallest absolute Gasteiger partial charge is 0.410 e. The van der Waals surface area contributed by atoms with Crippen molar-refractivity contribution < 1.29 is 118 Å². The van der Waals surface area contributed by atoms with E-state index in [2.05, 4.69) is 44.7 Å². The van der Waals surface area contributed by atoms with Crippen LogP contribution in [0.3, 0.4) is 0 Å². The normalized spacial score (nSPS) is 12.6. The lowest BCUT2D eigenvalue weighted by molar-refractivity contribution is 0.00768. The van der Waals surface area contributed by atoms with Crippen molar-refractivity contribution in [3.63, 3.8) is 0 Å². The molecular weight excluding hydrogens is 1920 g/mol. The number of oxime groups is 2. The van der Waals surface area contributed by atoms with Crippen molar-refractivity contribution in [3.8, 4) is 17.2 Å². The van der Waals surface area contributed by atoms with Gasteiger partial charge in [-0.2, -0.15) is 0 Å². The average Bonchev–Trinajstić information content (AvgIpc) is 0.817. The summed E-state index contributed by atoms with van der Waals surface area (Å²) in [4.78, 5) is 138. The molecular formula is C112H137F6N11O19. The fourth-order valence-electron chi connectivity index (χ4n) is 15.3.